The van der Waals surface area contributed by atoms with Crippen molar-refractivity contribution in [3.8, 4) is 0 Å². The van der Waals surface area contributed by atoms with Crippen LogP contribution in [-0.4, -0.2) is 29.1 Å². The van der Waals surface area contributed by atoms with Gasteiger partial charge in [0.05, 0.1) is 5.41 Å². The predicted molar refractivity (Wildman–Crippen MR) is 76.4 cm³/mol. The minimum atomic E-state index is -0.698. The normalized spacial score (nSPS) is 25.4. The first-order valence-corrected chi connectivity index (χ1v) is 7.07. The van der Waals surface area contributed by atoms with Gasteiger partial charge in [0.25, 0.3) is 0 Å². The molecular formula is C15H20ClNO2. The summed E-state index contributed by atoms with van der Waals surface area (Å²) in [7, 11) is 0. The van der Waals surface area contributed by atoms with Crippen molar-refractivity contribution < 1.29 is 9.90 Å². The number of benzene rings is 1. The van der Waals surface area contributed by atoms with Crippen LogP contribution in [0.15, 0.2) is 24.3 Å². The molecule has 1 aliphatic heterocycles. The highest BCUT2D eigenvalue weighted by atomic mass is 35.5. The molecule has 1 fully saturated rings. The summed E-state index contributed by atoms with van der Waals surface area (Å²) in [6.45, 7) is 5.39. The van der Waals surface area contributed by atoms with Crippen molar-refractivity contribution in [3.63, 3.8) is 0 Å². The molecule has 0 aromatic heterocycles. The van der Waals surface area contributed by atoms with Crippen molar-refractivity contribution in [2.45, 2.75) is 32.7 Å². The first kappa shape index (κ1) is 14.4. The zero-order valence-corrected chi connectivity index (χ0v) is 12.2. The van der Waals surface area contributed by atoms with Crippen LogP contribution in [0.25, 0.3) is 0 Å². The molecule has 1 aromatic rings. The number of carboxylic acids is 1. The maximum absolute atomic E-state index is 11.3. The summed E-state index contributed by atoms with van der Waals surface area (Å²) < 4.78 is 0. The van der Waals surface area contributed by atoms with Gasteiger partial charge >= 0.3 is 5.97 Å². The number of nitrogens with zero attached hydrogens (tertiary/aromatic N) is 1. The Morgan fingerprint density at radius 3 is 2.84 bits per heavy atom. The lowest BCUT2D eigenvalue weighted by Gasteiger charge is -2.28. The second-order valence-corrected chi connectivity index (χ2v) is 6.00. The molecule has 0 aliphatic carbocycles. The molecular weight excluding hydrogens is 262 g/mol. The fraction of sp³-hybridized carbons (Fsp3) is 0.533. The van der Waals surface area contributed by atoms with Gasteiger partial charge in [-0.05, 0) is 44.0 Å². The van der Waals surface area contributed by atoms with Gasteiger partial charge < -0.3 is 5.11 Å². The molecule has 2 rings (SSSR count). The van der Waals surface area contributed by atoms with Crippen molar-refractivity contribution in [1.82, 2.24) is 4.90 Å². The number of hydrogen-bond acceptors (Lipinski definition) is 2. The number of carbonyl (C=O) groups is 1. The third kappa shape index (κ3) is 2.93. The summed E-state index contributed by atoms with van der Waals surface area (Å²) in [5, 5.41) is 10.0. The Hall–Kier alpha value is -1.06. The Balaban J connectivity index is 2.18. The van der Waals surface area contributed by atoms with Gasteiger partial charge in [0.2, 0.25) is 0 Å². The molecule has 0 saturated carbocycles. The largest absolute Gasteiger partial charge is 0.481 e. The van der Waals surface area contributed by atoms with Gasteiger partial charge in [-0.25, -0.2) is 0 Å². The summed E-state index contributed by atoms with van der Waals surface area (Å²) in [5.41, 5.74) is 0.552. The number of hydrogen-bond donors (Lipinski definition) is 1. The molecule has 2 atom stereocenters. The van der Waals surface area contributed by atoms with E-state index in [2.05, 4.69) is 17.9 Å². The first-order valence-electron chi connectivity index (χ1n) is 6.69. The number of aliphatic carboxylic acids is 1. The van der Waals surface area contributed by atoms with Gasteiger partial charge in [0.1, 0.15) is 0 Å². The zero-order chi connectivity index (χ0) is 14.0. The SMILES string of the molecule is CCC(c1cccc(Cl)c1)N1CCC(C)(C(=O)O)C1. The standard InChI is InChI=1S/C15H20ClNO2/c1-3-13(11-5-4-6-12(16)9-11)17-8-7-15(2,10-17)14(18)19/h4-6,9,13H,3,7-8,10H2,1-2H3,(H,18,19). The van der Waals surface area contributed by atoms with Crippen molar-refractivity contribution in [2.75, 3.05) is 13.1 Å². The topological polar surface area (TPSA) is 40.5 Å². The van der Waals surface area contributed by atoms with E-state index in [0.29, 0.717) is 13.0 Å². The second-order valence-electron chi connectivity index (χ2n) is 5.57. The van der Waals surface area contributed by atoms with Gasteiger partial charge in [-0.2, -0.15) is 0 Å². The lowest BCUT2D eigenvalue weighted by molar-refractivity contribution is -0.147. The van der Waals surface area contributed by atoms with E-state index in [4.69, 9.17) is 11.6 Å². The highest BCUT2D eigenvalue weighted by Gasteiger charge is 2.42. The highest BCUT2D eigenvalue weighted by molar-refractivity contribution is 6.30. The summed E-state index contributed by atoms with van der Waals surface area (Å²) >= 11 is 6.05. The van der Waals surface area contributed by atoms with Gasteiger partial charge in [0, 0.05) is 17.6 Å². The minimum Gasteiger partial charge on any atom is -0.481 e. The molecule has 1 aromatic carbocycles. The quantitative estimate of drug-likeness (QED) is 0.917. The van der Waals surface area contributed by atoms with Crippen molar-refractivity contribution in [3.05, 3.63) is 34.9 Å². The van der Waals surface area contributed by atoms with E-state index in [0.717, 1.165) is 18.0 Å². The molecule has 1 heterocycles. The van der Waals surface area contributed by atoms with E-state index in [-0.39, 0.29) is 6.04 Å². The van der Waals surface area contributed by atoms with Crippen LogP contribution in [0.2, 0.25) is 5.02 Å². The highest BCUT2D eigenvalue weighted by Crippen LogP contribution is 2.37. The molecule has 4 heteroatoms. The summed E-state index contributed by atoms with van der Waals surface area (Å²) in [6.07, 6.45) is 1.66. The molecule has 1 saturated heterocycles. The van der Waals surface area contributed by atoms with Crippen LogP contribution in [-0.2, 0) is 4.79 Å². The molecule has 0 amide bonds. The summed E-state index contributed by atoms with van der Waals surface area (Å²) in [5.74, 6) is -0.698. The number of carboxylic acid groups (broad SMARTS) is 1. The van der Waals surface area contributed by atoms with Gasteiger partial charge in [-0.1, -0.05) is 30.7 Å². The van der Waals surface area contributed by atoms with Crippen LogP contribution in [0.5, 0.6) is 0 Å². The minimum absolute atomic E-state index is 0.250. The van der Waals surface area contributed by atoms with Gasteiger partial charge in [-0.15, -0.1) is 0 Å². The third-order valence-electron chi connectivity index (χ3n) is 4.08. The lowest BCUT2D eigenvalue weighted by atomic mass is 9.90. The number of rotatable bonds is 4. The van der Waals surface area contributed by atoms with Gasteiger partial charge in [-0.3, -0.25) is 9.69 Å². The molecule has 1 N–H and O–H groups in total. The molecule has 2 unspecified atom stereocenters. The van der Waals surface area contributed by atoms with Crippen LogP contribution < -0.4 is 0 Å². The average molecular weight is 282 g/mol. The van der Waals surface area contributed by atoms with Crippen LogP contribution in [0.4, 0.5) is 0 Å². The fourth-order valence-corrected chi connectivity index (χ4v) is 3.05. The smallest absolute Gasteiger partial charge is 0.310 e. The molecule has 0 spiro atoms. The Morgan fingerprint density at radius 1 is 1.58 bits per heavy atom. The first-order chi connectivity index (χ1) is 8.96. The Labute approximate surface area is 119 Å². The molecule has 1 aliphatic rings. The maximum Gasteiger partial charge on any atom is 0.310 e. The molecule has 0 radical (unpaired) electrons. The van der Waals surface area contributed by atoms with E-state index in [9.17, 15) is 9.90 Å². The van der Waals surface area contributed by atoms with Crippen LogP contribution >= 0.6 is 11.6 Å². The van der Waals surface area contributed by atoms with Crippen molar-refractivity contribution in [2.24, 2.45) is 5.41 Å². The maximum atomic E-state index is 11.3. The molecule has 104 valence electrons. The summed E-state index contributed by atoms with van der Waals surface area (Å²) in [4.78, 5) is 13.6. The Bertz CT molecular complexity index is 477. The van der Waals surface area contributed by atoms with Crippen LogP contribution in [0, 0.1) is 5.41 Å². The van der Waals surface area contributed by atoms with E-state index < -0.39 is 11.4 Å². The summed E-state index contributed by atoms with van der Waals surface area (Å²) in [6, 6.07) is 8.11. The second kappa shape index (κ2) is 5.51. The third-order valence-corrected chi connectivity index (χ3v) is 4.32. The lowest BCUT2D eigenvalue weighted by Crippen LogP contribution is -2.33. The predicted octanol–water partition coefficient (Wildman–Crippen LogP) is 3.59. The van der Waals surface area contributed by atoms with Crippen molar-refractivity contribution >= 4 is 17.6 Å². The molecule has 3 nitrogen and oxygen atoms in total. The van der Waals surface area contributed by atoms with E-state index in [1.165, 1.54) is 5.56 Å². The monoisotopic (exact) mass is 281 g/mol. The van der Waals surface area contributed by atoms with E-state index >= 15 is 0 Å². The Kier molecular flexibility index (Phi) is 4.16. The van der Waals surface area contributed by atoms with Crippen molar-refractivity contribution in [1.29, 1.82) is 0 Å². The van der Waals surface area contributed by atoms with Crippen LogP contribution in [0.1, 0.15) is 38.3 Å². The number of halogens is 1. The molecule has 0 bridgehead atoms. The Morgan fingerprint density at radius 2 is 2.32 bits per heavy atom. The van der Waals surface area contributed by atoms with Crippen LogP contribution in [0.3, 0.4) is 0 Å². The van der Waals surface area contributed by atoms with E-state index in [1.807, 2.05) is 25.1 Å². The molecule has 19 heavy (non-hydrogen) atoms. The fourth-order valence-electron chi connectivity index (χ4n) is 2.86. The van der Waals surface area contributed by atoms with E-state index in [1.54, 1.807) is 0 Å². The number of likely N-dealkylation sites (tertiary alicyclic amines) is 1. The average Bonchev–Trinajstić information content (AvgIpc) is 2.74. The zero-order valence-electron chi connectivity index (χ0n) is 11.4. The van der Waals surface area contributed by atoms with Gasteiger partial charge in [0.15, 0.2) is 0 Å².